The van der Waals surface area contributed by atoms with Gasteiger partial charge in [-0.1, -0.05) is 39.5 Å². The van der Waals surface area contributed by atoms with E-state index in [1.54, 1.807) is 12.1 Å². The van der Waals surface area contributed by atoms with Gasteiger partial charge in [0, 0.05) is 0 Å². The minimum absolute atomic E-state index is 0.0803. The molecule has 0 radical (unpaired) electrons. The van der Waals surface area contributed by atoms with E-state index in [4.69, 9.17) is 5.11 Å². The second-order valence-corrected chi connectivity index (χ2v) is 4.28. The van der Waals surface area contributed by atoms with Crippen LogP contribution in [0.3, 0.4) is 0 Å². The lowest BCUT2D eigenvalue weighted by molar-refractivity contribution is 0.475. The molecule has 1 N–H and O–H groups in total. The van der Waals surface area contributed by atoms with Crippen LogP contribution >= 0.6 is 0 Å². The maximum absolute atomic E-state index is 9.11. The normalized spacial score (nSPS) is 11.3. The smallest absolute Gasteiger partial charge is 0.115 e. The summed E-state index contributed by atoms with van der Waals surface area (Å²) in [7, 11) is 0. The Hall–Kier alpha value is -1.24. The number of rotatable bonds is 1. The van der Waals surface area contributed by atoms with Gasteiger partial charge in [-0.15, -0.1) is 0 Å². The fourth-order valence-electron chi connectivity index (χ4n) is 1.10. The van der Waals surface area contributed by atoms with E-state index in [0.717, 1.165) is 11.1 Å². The van der Waals surface area contributed by atoms with Crippen molar-refractivity contribution in [2.75, 3.05) is 0 Å². The molecule has 0 aliphatic heterocycles. The van der Waals surface area contributed by atoms with Crippen LogP contribution in [-0.2, 0) is 0 Å². The number of phenols is 1. The lowest BCUT2D eigenvalue weighted by Gasteiger charge is -2.21. The SMILES string of the molecule is C=C(c1ccc(O)cc1)C(C)(C)C. The van der Waals surface area contributed by atoms with Gasteiger partial charge in [0.15, 0.2) is 0 Å². The minimum Gasteiger partial charge on any atom is -0.508 e. The highest BCUT2D eigenvalue weighted by atomic mass is 16.3. The highest BCUT2D eigenvalue weighted by molar-refractivity contribution is 5.67. The number of benzene rings is 1. The second kappa shape index (κ2) is 3.25. The molecule has 1 aromatic carbocycles. The summed E-state index contributed by atoms with van der Waals surface area (Å²) in [5.74, 6) is 0.297. The molecule has 13 heavy (non-hydrogen) atoms. The number of phenolic OH excluding ortho intramolecular Hbond substituents is 1. The minimum atomic E-state index is 0.0803. The molecule has 0 saturated carbocycles. The molecule has 0 saturated heterocycles. The van der Waals surface area contributed by atoms with Crippen LogP contribution in [0.4, 0.5) is 0 Å². The first kappa shape index (κ1) is 9.85. The first-order valence-corrected chi connectivity index (χ1v) is 4.40. The molecule has 0 aromatic heterocycles. The molecule has 0 aliphatic carbocycles. The Morgan fingerprint density at radius 1 is 1.15 bits per heavy atom. The Labute approximate surface area is 79.7 Å². The standard InChI is InChI=1S/C12H16O/c1-9(12(2,3)4)10-5-7-11(13)8-6-10/h5-8,13H,1H2,2-4H3. The van der Waals surface area contributed by atoms with Crippen molar-refractivity contribution in [1.29, 1.82) is 0 Å². The molecule has 1 nitrogen and oxygen atoms in total. The number of hydrogen-bond acceptors (Lipinski definition) is 1. The highest BCUT2D eigenvalue weighted by Crippen LogP contribution is 2.32. The first-order chi connectivity index (χ1) is 5.91. The summed E-state index contributed by atoms with van der Waals surface area (Å²) in [4.78, 5) is 0. The third-order valence-corrected chi connectivity index (χ3v) is 2.12. The maximum atomic E-state index is 9.11. The quantitative estimate of drug-likeness (QED) is 0.694. The maximum Gasteiger partial charge on any atom is 0.115 e. The molecule has 0 fully saturated rings. The second-order valence-electron chi connectivity index (χ2n) is 4.28. The van der Waals surface area contributed by atoms with Gasteiger partial charge in [-0.05, 0) is 28.7 Å². The first-order valence-electron chi connectivity index (χ1n) is 4.40. The van der Waals surface area contributed by atoms with Gasteiger partial charge in [0.25, 0.3) is 0 Å². The molecule has 0 atom stereocenters. The van der Waals surface area contributed by atoms with Crippen LogP contribution in [0.5, 0.6) is 5.75 Å². The van der Waals surface area contributed by atoms with Crippen LogP contribution in [0.25, 0.3) is 5.57 Å². The van der Waals surface area contributed by atoms with E-state index in [1.807, 2.05) is 12.1 Å². The average Bonchev–Trinajstić information content (AvgIpc) is 2.03. The Morgan fingerprint density at radius 2 is 1.62 bits per heavy atom. The zero-order chi connectivity index (χ0) is 10.1. The Morgan fingerprint density at radius 3 is 2.00 bits per heavy atom. The van der Waals surface area contributed by atoms with Crippen LogP contribution < -0.4 is 0 Å². The summed E-state index contributed by atoms with van der Waals surface area (Å²) >= 11 is 0. The van der Waals surface area contributed by atoms with Gasteiger partial charge in [-0.3, -0.25) is 0 Å². The van der Waals surface area contributed by atoms with Crippen LogP contribution in [0.1, 0.15) is 26.3 Å². The van der Waals surface area contributed by atoms with Crippen LogP contribution in [0, 0.1) is 5.41 Å². The summed E-state index contributed by atoms with van der Waals surface area (Å²) < 4.78 is 0. The molecule has 70 valence electrons. The molecule has 1 heteroatoms. The van der Waals surface area contributed by atoms with Crippen molar-refractivity contribution in [1.82, 2.24) is 0 Å². The summed E-state index contributed by atoms with van der Waals surface area (Å²) in [6.07, 6.45) is 0. The predicted molar refractivity (Wildman–Crippen MR) is 56.6 cm³/mol. The zero-order valence-corrected chi connectivity index (χ0v) is 8.46. The molecule has 0 aliphatic rings. The Kier molecular flexibility index (Phi) is 2.46. The molecule has 1 aromatic rings. The van der Waals surface area contributed by atoms with E-state index in [1.165, 1.54) is 0 Å². The summed E-state index contributed by atoms with van der Waals surface area (Å²) in [6, 6.07) is 7.16. The molecular weight excluding hydrogens is 160 g/mol. The van der Waals surface area contributed by atoms with Crippen LogP contribution in [0.2, 0.25) is 0 Å². The van der Waals surface area contributed by atoms with E-state index in [0.29, 0.717) is 5.75 Å². The Bertz CT molecular complexity index is 301. The lowest BCUT2D eigenvalue weighted by atomic mass is 9.83. The van der Waals surface area contributed by atoms with Gasteiger partial charge < -0.3 is 5.11 Å². The van der Waals surface area contributed by atoms with Crippen molar-refractivity contribution in [2.24, 2.45) is 5.41 Å². The van der Waals surface area contributed by atoms with Crippen molar-refractivity contribution in [3.05, 3.63) is 36.4 Å². The topological polar surface area (TPSA) is 20.2 Å². The van der Waals surface area contributed by atoms with Gasteiger partial charge in [0.05, 0.1) is 0 Å². The molecule has 0 heterocycles. The van der Waals surface area contributed by atoms with Gasteiger partial charge in [-0.25, -0.2) is 0 Å². The third kappa shape index (κ3) is 2.35. The number of aromatic hydroxyl groups is 1. The molecule has 0 unspecified atom stereocenters. The Balaban J connectivity index is 2.97. The van der Waals surface area contributed by atoms with Crippen LogP contribution in [-0.4, -0.2) is 5.11 Å². The summed E-state index contributed by atoms with van der Waals surface area (Å²) in [5, 5.41) is 9.11. The van der Waals surface area contributed by atoms with Gasteiger partial charge in [-0.2, -0.15) is 0 Å². The fourth-order valence-corrected chi connectivity index (χ4v) is 1.10. The van der Waals surface area contributed by atoms with E-state index in [2.05, 4.69) is 27.4 Å². The summed E-state index contributed by atoms with van der Waals surface area (Å²) in [5.41, 5.74) is 2.26. The van der Waals surface area contributed by atoms with Crippen molar-refractivity contribution in [3.8, 4) is 5.75 Å². The summed E-state index contributed by atoms with van der Waals surface area (Å²) in [6.45, 7) is 10.4. The van der Waals surface area contributed by atoms with Gasteiger partial charge >= 0.3 is 0 Å². The molecule has 0 spiro atoms. The van der Waals surface area contributed by atoms with Crippen molar-refractivity contribution < 1.29 is 5.11 Å². The zero-order valence-electron chi connectivity index (χ0n) is 8.46. The van der Waals surface area contributed by atoms with Crippen molar-refractivity contribution in [2.45, 2.75) is 20.8 Å². The fraction of sp³-hybridized carbons (Fsp3) is 0.333. The van der Waals surface area contributed by atoms with E-state index >= 15 is 0 Å². The molecule has 0 amide bonds. The largest absolute Gasteiger partial charge is 0.508 e. The number of allylic oxidation sites excluding steroid dienone is 1. The lowest BCUT2D eigenvalue weighted by Crippen LogP contribution is -2.06. The van der Waals surface area contributed by atoms with Crippen LogP contribution in [0.15, 0.2) is 30.8 Å². The van der Waals surface area contributed by atoms with Crippen molar-refractivity contribution in [3.63, 3.8) is 0 Å². The molecular formula is C12H16O. The van der Waals surface area contributed by atoms with E-state index in [-0.39, 0.29) is 5.41 Å². The molecule has 0 bridgehead atoms. The van der Waals surface area contributed by atoms with Gasteiger partial charge in [0.2, 0.25) is 0 Å². The van der Waals surface area contributed by atoms with E-state index in [9.17, 15) is 0 Å². The van der Waals surface area contributed by atoms with Crippen molar-refractivity contribution >= 4 is 5.57 Å². The molecule has 1 rings (SSSR count). The van der Waals surface area contributed by atoms with Gasteiger partial charge in [0.1, 0.15) is 5.75 Å². The highest BCUT2D eigenvalue weighted by Gasteiger charge is 2.15. The predicted octanol–water partition coefficient (Wildman–Crippen LogP) is 3.45. The number of hydrogen-bond donors (Lipinski definition) is 1. The average molecular weight is 176 g/mol. The monoisotopic (exact) mass is 176 g/mol. The third-order valence-electron chi connectivity index (χ3n) is 2.12. The van der Waals surface area contributed by atoms with E-state index < -0.39 is 0 Å².